The van der Waals surface area contributed by atoms with E-state index in [1.165, 1.54) is 37.4 Å². The fourth-order valence-corrected chi connectivity index (χ4v) is 2.95. The van der Waals surface area contributed by atoms with E-state index in [9.17, 15) is 13.5 Å². The van der Waals surface area contributed by atoms with Crippen molar-refractivity contribution in [3.8, 4) is 17.6 Å². The van der Waals surface area contributed by atoms with Crippen molar-refractivity contribution in [1.82, 2.24) is 0 Å². The molecule has 2 N–H and O–H groups in total. The van der Waals surface area contributed by atoms with Gasteiger partial charge in [-0.1, -0.05) is 5.11 Å². The van der Waals surface area contributed by atoms with Crippen LogP contribution in [0.4, 0.5) is 11.4 Å². The largest absolute Gasteiger partial charge is 0.504 e. The van der Waals surface area contributed by atoms with Gasteiger partial charge in [-0.2, -0.15) is 5.26 Å². The van der Waals surface area contributed by atoms with Gasteiger partial charge < -0.3 is 9.84 Å². The topological polar surface area (TPSA) is 148 Å². The van der Waals surface area contributed by atoms with Crippen molar-refractivity contribution in [2.45, 2.75) is 4.90 Å². The molecule has 0 atom stereocenters. The van der Waals surface area contributed by atoms with E-state index in [4.69, 9.17) is 15.5 Å². The van der Waals surface area contributed by atoms with Gasteiger partial charge in [0.1, 0.15) is 0 Å². The molecule has 0 aromatic heterocycles. The average molecular weight is 345 g/mol. The summed E-state index contributed by atoms with van der Waals surface area (Å²) in [6.07, 6.45) is 0. The molecule has 24 heavy (non-hydrogen) atoms. The molecular formula is C14H11N5O4S. The smallest absolute Gasteiger partial charge is 0.261 e. The highest BCUT2D eigenvalue weighted by Crippen LogP contribution is 2.30. The molecule has 0 aliphatic carbocycles. The minimum absolute atomic E-state index is 0.0287. The highest BCUT2D eigenvalue weighted by Gasteiger charge is 2.17. The van der Waals surface area contributed by atoms with Gasteiger partial charge in [0.15, 0.2) is 11.5 Å². The molecule has 0 amide bonds. The lowest BCUT2D eigenvalue weighted by Gasteiger charge is -2.10. The molecule has 2 aromatic carbocycles. The second-order valence-electron chi connectivity index (χ2n) is 4.47. The van der Waals surface area contributed by atoms with E-state index < -0.39 is 10.0 Å². The Hall–Kier alpha value is -3.41. The van der Waals surface area contributed by atoms with Crippen molar-refractivity contribution in [3.05, 3.63) is 52.4 Å². The lowest BCUT2D eigenvalue weighted by molar-refractivity contribution is 0.373. The zero-order valence-electron chi connectivity index (χ0n) is 12.3. The van der Waals surface area contributed by atoms with Crippen LogP contribution in [-0.4, -0.2) is 20.6 Å². The number of nitrogens with one attached hydrogen (secondary N) is 1. The highest BCUT2D eigenvalue weighted by atomic mass is 32.2. The van der Waals surface area contributed by atoms with Crippen LogP contribution in [0, 0.1) is 11.3 Å². The maximum Gasteiger partial charge on any atom is 0.261 e. The van der Waals surface area contributed by atoms with Crippen molar-refractivity contribution in [2.24, 2.45) is 5.11 Å². The zero-order valence-corrected chi connectivity index (χ0v) is 13.1. The fourth-order valence-electron chi connectivity index (χ4n) is 1.87. The van der Waals surface area contributed by atoms with Crippen molar-refractivity contribution in [2.75, 3.05) is 11.8 Å². The number of nitrogens with zero attached hydrogens (tertiary/aromatic N) is 4. The van der Waals surface area contributed by atoms with Crippen LogP contribution in [0.1, 0.15) is 5.56 Å². The first-order valence-corrected chi connectivity index (χ1v) is 7.88. The summed E-state index contributed by atoms with van der Waals surface area (Å²) in [7, 11) is -2.63. The quantitative estimate of drug-likeness (QED) is 0.485. The van der Waals surface area contributed by atoms with Gasteiger partial charge in [0, 0.05) is 11.0 Å². The number of azide groups is 1. The number of ether oxygens (including phenoxy) is 1. The monoisotopic (exact) mass is 345 g/mol. The number of aromatic hydroxyl groups is 1. The van der Waals surface area contributed by atoms with E-state index in [2.05, 4.69) is 14.7 Å². The molecule has 0 radical (unpaired) electrons. The summed E-state index contributed by atoms with van der Waals surface area (Å²) in [5, 5.41) is 22.0. The van der Waals surface area contributed by atoms with Crippen molar-refractivity contribution in [1.29, 1.82) is 5.26 Å². The summed E-state index contributed by atoms with van der Waals surface area (Å²) in [5.74, 6) is -0.0300. The van der Waals surface area contributed by atoms with Crippen LogP contribution in [0.15, 0.2) is 46.4 Å². The van der Waals surface area contributed by atoms with Gasteiger partial charge in [-0.25, -0.2) is 8.42 Å². The highest BCUT2D eigenvalue weighted by molar-refractivity contribution is 7.92. The molecule has 0 saturated heterocycles. The van der Waals surface area contributed by atoms with Crippen LogP contribution in [-0.2, 0) is 10.0 Å². The number of nitriles is 1. The van der Waals surface area contributed by atoms with Crippen LogP contribution in [0.3, 0.4) is 0 Å². The van der Waals surface area contributed by atoms with Crippen LogP contribution in [0.25, 0.3) is 10.4 Å². The fraction of sp³-hybridized carbons (Fsp3) is 0.0714. The molecule has 2 rings (SSSR count). The normalized spacial score (nSPS) is 10.3. The third-order valence-corrected chi connectivity index (χ3v) is 4.36. The Morgan fingerprint density at radius 1 is 1.33 bits per heavy atom. The van der Waals surface area contributed by atoms with Crippen molar-refractivity contribution >= 4 is 21.4 Å². The number of hydrogen-bond donors (Lipinski definition) is 2. The molecule has 122 valence electrons. The van der Waals surface area contributed by atoms with Gasteiger partial charge in [0.05, 0.1) is 35.0 Å². The number of benzene rings is 2. The Labute approximate surface area is 137 Å². The lowest BCUT2D eigenvalue weighted by atomic mass is 10.2. The summed E-state index contributed by atoms with van der Waals surface area (Å²) in [4.78, 5) is 2.38. The van der Waals surface area contributed by atoms with Gasteiger partial charge in [0.25, 0.3) is 10.0 Å². The van der Waals surface area contributed by atoms with Gasteiger partial charge in [-0.15, -0.1) is 0 Å². The minimum Gasteiger partial charge on any atom is -0.504 e. The number of sulfonamides is 1. The zero-order chi connectivity index (χ0) is 17.7. The molecule has 0 heterocycles. The minimum atomic E-state index is -4.00. The summed E-state index contributed by atoms with van der Waals surface area (Å²) in [6, 6.07) is 9.30. The summed E-state index contributed by atoms with van der Waals surface area (Å²) < 4.78 is 31.9. The molecule has 9 nitrogen and oxygen atoms in total. The van der Waals surface area contributed by atoms with E-state index in [0.717, 1.165) is 6.07 Å². The number of hydrogen-bond acceptors (Lipinski definition) is 6. The van der Waals surface area contributed by atoms with E-state index in [-0.39, 0.29) is 33.3 Å². The Morgan fingerprint density at radius 2 is 2.08 bits per heavy atom. The molecule has 0 aliphatic rings. The Bertz CT molecular complexity index is 975. The Morgan fingerprint density at radius 3 is 2.67 bits per heavy atom. The van der Waals surface area contributed by atoms with Crippen molar-refractivity contribution < 1.29 is 18.3 Å². The molecule has 0 fully saturated rings. The molecule has 0 spiro atoms. The first-order valence-electron chi connectivity index (χ1n) is 6.40. The van der Waals surface area contributed by atoms with Crippen LogP contribution in [0.5, 0.6) is 11.5 Å². The third kappa shape index (κ3) is 3.49. The standard InChI is InChI=1S/C14H11N5O4S/c1-23-14-5-2-10(7-13(14)20)18-24(21,22)11-3-4-12(17-19-16)9(6-11)8-15/h2-7,18,20H,1H3. The van der Waals surface area contributed by atoms with Crippen molar-refractivity contribution in [3.63, 3.8) is 0 Å². The predicted octanol–water partition coefficient (Wildman–Crippen LogP) is 3.02. The van der Waals surface area contributed by atoms with Crippen LogP contribution < -0.4 is 9.46 Å². The maximum atomic E-state index is 12.4. The summed E-state index contributed by atoms with van der Waals surface area (Å²) >= 11 is 0. The van der Waals surface area contributed by atoms with E-state index in [1.807, 2.05) is 0 Å². The number of methoxy groups -OCH3 is 1. The first-order chi connectivity index (χ1) is 11.4. The molecule has 0 aliphatic heterocycles. The van der Waals surface area contributed by atoms with Gasteiger partial charge in [-0.3, -0.25) is 4.72 Å². The number of phenolic OH excluding ortho intramolecular Hbond substituents is 1. The Kier molecular flexibility index (Phi) is 4.79. The second-order valence-corrected chi connectivity index (χ2v) is 6.15. The number of phenols is 1. The van der Waals surface area contributed by atoms with Crippen LogP contribution in [0.2, 0.25) is 0 Å². The van der Waals surface area contributed by atoms with Gasteiger partial charge in [0.2, 0.25) is 0 Å². The Balaban J connectivity index is 2.39. The number of anilines is 1. The van der Waals surface area contributed by atoms with Gasteiger partial charge >= 0.3 is 0 Å². The molecule has 2 aromatic rings. The lowest BCUT2D eigenvalue weighted by Crippen LogP contribution is -2.13. The van der Waals surface area contributed by atoms with E-state index >= 15 is 0 Å². The van der Waals surface area contributed by atoms with E-state index in [1.54, 1.807) is 6.07 Å². The predicted molar refractivity (Wildman–Crippen MR) is 85.4 cm³/mol. The molecule has 0 unspecified atom stereocenters. The molecular weight excluding hydrogens is 334 g/mol. The summed E-state index contributed by atoms with van der Waals surface area (Å²) in [5.41, 5.74) is 8.49. The number of rotatable bonds is 5. The van der Waals surface area contributed by atoms with Crippen LogP contribution >= 0.6 is 0 Å². The summed E-state index contributed by atoms with van der Waals surface area (Å²) in [6.45, 7) is 0. The maximum absolute atomic E-state index is 12.4. The average Bonchev–Trinajstić information content (AvgIpc) is 2.55. The van der Waals surface area contributed by atoms with E-state index in [0.29, 0.717) is 0 Å². The van der Waals surface area contributed by atoms with Gasteiger partial charge in [-0.05, 0) is 35.9 Å². The first kappa shape index (κ1) is 17.0. The molecule has 0 bridgehead atoms. The molecule has 10 heteroatoms. The third-order valence-electron chi connectivity index (χ3n) is 2.98. The molecule has 0 saturated carbocycles. The second kappa shape index (κ2) is 6.78. The SMILES string of the molecule is COc1ccc(NS(=O)(=O)c2ccc(N=[N+]=[N-])c(C#N)c2)cc1O.